The Morgan fingerprint density at radius 2 is 2.26 bits per heavy atom. The number of nitrogens with one attached hydrogen (secondary N) is 1. The first kappa shape index (κ1) is 14.6. The molecule has 0 spiro atoms. The van der Waals surface area contributed by atoms with Gasteiger partial charge >= 0.3 is 0 Å². The van der Waals surface area contributed by atoms with Crippen molar-refractivity contribution >= 4 is 22.9 Å². The van der Waals surface area contributed by atoms with E-state index in [1.807, 2.05) is 18.8 Å². The van der Waals surface area contributed by atoms with Crippen molar-refractivity contribution in [3.05, 3.63) is 38.8 Å². The lowest BCUT2D eigenvalue weighted by Crippen LogP contribution is -2.30. The van der Waals surface area contributed by atoms with E-state index in [-0.39, 0.29) is 0 Å². The molecule has 0 radical (unpaired) electrons. The van der Waals surface area contributed by atoms with Gasteiger partial charge in [-0.25, -0.2) is 0 Å². The first-order valence-electron chi connectivity index (χ1n) is 6.55. The zero-order valence-electron chi connectivity index (χ0n) is 11.6. The first-order valence-corrected chi connectivity index (χ1v) is 7.81. The summed E-state index contributed by atoms with van der Waals surface area (Å²) in [4.78, 5) is 1.40. The van der Waals surface area contributed by atoms with E-state index in [2.05, 4.69) is 34.9 Å². The molecule has 5 heteroatoms. The van der Waals surface area contributed by atoms with Gasteiger partial charge in [0.1, 0.15) is 0 Å². The number of hydrogen-bond donors (Lipinski definition) is 1. The molecule has 1 atom stereocenters. The molecule has 0 bridgehead atoms. The van der Waals surface area contributed by atoms with Crippen LogP contribution in [0, 0.1) is 0 Å². The van der Waals surface area contributed by atoms with Crippen molar-refractivity contribution in [3.8, 4) is 0 Å². The summed E-state index contributed by atoms with van der Waals surface area (Å²) in [6, 6.07) is 4.66. The summed E-state index contributed by atoms with van der Waals surface area (Å²) in [6.45, 7) is 2.08. The number of rotatable bonds is 6. The van der Waals surface area contributed by atoms with Crippen LogP contribution in [0.2, 0.25) is 5.02 Å². The molecule has 0 saturated carbocycles. The number of hydrogen-bond acceptors (Lipinski definition) is 3. The molecule has 1 unspecified atom stereocenters. The highest BCUT2D eigenvalue weighted by Gasteiger charge is 2.17. The van der Waals surface area contributed by atoms with Crippen LogP contribution in [-0.2, 0) is 26.3 Å². The van der Waals surface area contributed by atoms with Crippen molar-refractivity contribution in [2.24, 2.45) is 7.05 Å². The van der Waals surface area contributed by atoms with Gasteiger partial charge in [-0.3, -0.25) is 4.68 Å². The van der Waals surface area contributed by atoms with Gasteiger partial charge in [-0.05, 0) is 31.3 Å². The molecular weight excluding hydrogens is 278 g/mol. The van der Waals surface area contributed by atoms with E-state index >= 15 is 0 Å². The zero-order chi connectivity index (χ0) is 13.8. The Kier molecular flexibility index (Phi) is 5.02. The summed E-state index contributed by atoms with van der Waals surface area (Å²) in [5.41, 5.74) is 2.11. The fourth-order valence-corrected chi connectivity index (χ4v) is 3.38. The predicted molar refractivity (Wildman–Crippen MR) is 82.2 cm³/mol. The Balaban J connectivity index is 2.12. The molecule has 1 N–H and O–H groups in total. The largest absolute Gasteiger partial charge is 0.316 e. The molecular formula is C14H20ClN3S. The maximum atomic E-state index is 6.40. The lowest BCUT2D eigenvalue weighted by Gasteiger charge is -2.15. The highest BCUT2D eigenvalue weighted by atomic mass is 35.5. The SMILES string of the molecule is CCc1nn(C)c(CC(Cc2cccs2)NC)c1Cl. The zero-order valence-corrected chi connectivity index (χ0v) is 13.2. The van der Waals surface area contributed by atoms with Gasteiger partial charge in [0.05, 0.1) is 16.4 Å². The topological polar surface area (TPSA) is 29.9 Å². The van der Waals surface area contributed by atoms with Crippen LogP contribution in [0.15, 0.2) is 17.5 Å². The summed E-state index contributed by atoms with van der Waals surface area (Å²) in [5.74, 6) is 0. The minimum Gasteiger partial charge on any atom is -0.316 e. The van der Waals surface area contributed by atoms with Crippen molar-refractivity contribution in [1.82, 2.24) is 15.1 Å². The second-order valence-corrected chi connectivity index (χ2v) is 6.07. The Labute approximate surface area is 123 Å². The van der Waals surface area contributed by atoms with Crippen molar-refractivity contribution in [2.45, 2.75) is 32.2 Å². The van der Waals surface area contributed by atoms with Crippen LogP contribution in [0.25, 0.3) is 0 Å². The summed E-state index contributed by atoms with van der Waals surface area (Å²) in [7, 11) is 3.97. The molecule has 2 rings (SSSR count). The smallest absolute Gasteiger partial charge is 0.0850 e. The van der Waals surface area contributed by atoms with Crippen molar-refractivity contribution in [2.75, 3.05) is 7.05 Å². The van der Waals surface area contributed by atoms with E-state index in [4.69, 9.17) is 11.6 Å². The van der Waals surface area contributed by atoms with Crippen LogP contribution < -0.4 is 5.32 Å². The summed E-state index contributed by atoms with van der Waals surface area (Å²) in [6.07, 6.45) is 2.80. The lowest BCUT2D eigenvalue weighted by molar-refractivity contribution is 0.536. The molecule has 0 fully saturated rings. The summed E-state index contributed by atoms with van der Waals surface area (Å²) in [5, 5.41) is 10.8. The number of halogens is 1. The monoisotopic (exact) mass is 297 g/mol. The quantitative estimate of drug-likeness (QED) is 0.888. The van der Waals surface area contributed by atoms with E-state index in [1.54, 1.807) is 11.3 Å². The van der Waals surface area contributed by atoms with Gasteiger partial charge in [0.15, 0.2) is 0 Å². The minimum absolute atomic E-state index is 0.385. The van der Waals surface area contributed by atoms with E-state index in [1.165, 1.54) is 4.88 Å². The Hall–Kier alpha value is -0.840. The molecule has 2 aromatic heterocycles. The highest BCUT2D eigenvalue weighted by Crippen LogP contribution is 2.23. The second kappa shape index (κ2) is 6.55. The van der Waals surface area contributed by atoms with Crippen LogP contribution in [0.4, 0.5) is 0 Å². The standard InChI is InChI=1S/C14H20ClN3S/c1-4-12-14(15)13(18(3)17-12)9-10(16-2)8-11-6-5-7-19-11/h5-7,10,16H,4,8-9H2,1-3H3. The van der Waals surface area contributed by atoms with Gasteiger partial charge < -0.3 is 5.32 Å². The number of nitrogens with zero attached hydrogens (tertiary/aromatic N) is 2. The highest BCUT2D eigenvalue weighted by molar-refractivity contribution is 7.09. The normalized spacial score (nSPS) is 12.8. The fourth-order valence-electron chi connectivity index (χ4n) is 2.22. The number of thiophene rings is 1. The molecule has 3 nitrogen and oxygen atoms in total. The van der Waals surface area contributed by atoms with Crippen LogP contribution in [0.1, 0.15) is 23.2 Å². The van der Waals surface area contributed by atoms with Gasteiger partial charge in [0.2, 0.25) is 0 Å². The van der Waals surface area contributed by atoms with Gasteiger partial charge in [0.25, 0.3) is 0 Å². The predicted octanol–water partition coefficient (Wildman–Crippen LogP) is 3.07. The van der Waals surface area contributed by atoms with Crippen LogP contribution >= 0.6 is 22.9 Å². The number of aryl methyl sites for hydroxylation is 2. The summed E-state index contributed by atoms with van der Waals surface area (Å²) >= 11 is 8.20. The maximum Gasteiger partial charge on any atom is 0.0850 e. The number of aromatic nitrogens is 2. The molecule has 104 valence electrons. The van der Waals surface area contributed by atoms with Crippen LogP contribution in [-0.4, -0.2) is 22.9 Å². The van der Waals surface area contributed by atoms with Crippen LogP contribution in [0.5, 0.6) is 0 Å². The minimum atomic E-state index is 0.385. The maximum absolute atomic E-state index is 6.40. The Bertz CT molecular complexity index is 519. The third kappa shape index (κ3) is 3.38. The number of likely N-dealkylation sites (N-methyl/N-ethyl adjacent to an activating group) is 1. The molecule has 0 aliphatic heterocycles. The van der Waals surface area contributed by atoms with Gasteiger partial charge in [-0.15, -0.1) is 11.3 Å². The average molecular weight is 298 g/mol. The Morgan fingerprint density at radius 3 is 2.79 bits per heavy atom. The lowest BCUT2D eigenvalue weighted by atomic mass is 10.1. The van der Waals surface area contributed by atoms with E-state index in [9.17, 15) is 0 Å². The Morgan fingerprint density at radius 1 is 1.47 bits per heavy atom. The van der Waals surface area contributed by atoms with E-state index in [0.717, 1.165) is 35.7 Å². The van der Waals surface area contributed by atoms with E-state index in [0.29, 0.717) is 6.04 Å². The molecule has 0 aromatic carbocycles. The fraction of sp³-hybridized carbons (Fsp3) is 0.500. The third-order valence-corrected chi connectivity index (χ3v) is 4.71. The summed E-state index contributed by atoms with van der Waals surface area (Å²) < 4.78 is 1.92. The molecule has 0 saturated heterocycles. The third-order valence-electron chi connectivity index (χ3n) is 3.38. The molecule has 19 heavy (non-hydrogen) atoms. The van der Waals surface area contributed by atoms with E-state index < -0.39 is 0 Å². The van der Waals surface area contributed by atoms with Gasteiger partial charge in [-0.1, -0.05) is 24.6 Å². The average Bonchev–Trinajstić information content (AvgIpc) is 3.00. The van der Waals surface area contributed by atoms with Gasteiger partial charge in [0, 0.05) is 24.4 Å². The molecule has 2 aromatic rings. The van der Waals surface area contributed by atoms with Crippen molar-refractivity contribution in [3.63, 3.8) is 0 Å². The molecule has 2 heterocycles. The van der Waals surface area contributed by atoms with Crippen molar-refractivity contribution in [1.29, 1.82) is 0 Å². The molecule has 0 aliphatic carbocycles. The van der Waals surface area contributed by atoms with Crippen molar-refractivity contribution < 1.29 is 0 Å². The molecule has 0 aliphatic rings. The van der Waals surface area contributed by atoms with Gasteiger partial charge in [-0.2, -0.15) is 5.10 Å². The first-order chi connectivity index (χ1) is 9.15. The van der Waals surface area contributed by atoms with Crippen LogP contribution in [0.3, 0.4) is 0 Å². The second-order valence-electron chi connectivity index (χ2n) is 4.66. The molecule has 0 amide bonds.